The molecule has 2 N–H and O–H groups in total. The fraction of sp³-hybridized carbons (Fsp3) is 0.565. The molecule has 3 saturated heterocycles. The SMILES string of the molecule is O=C1CCC(N2C(=O)c3ccc(CN4CCNCCC45CCOCC5)cc3C2=O)C(=O)N1. The molecule has 1 aromatic rings. The minimum absolute atomic E-state index is 0.0827. The molecule has 1 spiro atoms. The predicted octanol–water partition coefficient (Wildman–Crippen LogP) is 0.432. The molecule has 1 aromatic carbocycles. The van der Waals surface area contributed by atoms with Gasteiger partial charge in [-0.2, -0.15) is 0 Å². The standard InChI is InChI=1S/C23H28N4O5/c28-19-4-3-18(20(29)25-19)27-21(30)16-2-1-15(13-17(16)22(27)31)14-26-10-9-24-8-5-23(26)6-11-32-12-7-23/h1-2,13,18,24H,3-12,14H2,(H,25,28,29). The van der Waals surface area contributed by atoms with Gasteiger partial charge in [-0.3, -0.25) is 34.3 Å². The highest BCUT2D eigenvalue weighted by atomic mass is 16.5. The first kappa shape index (κ1) is 21.2. The predicted molar refractivity (Wildman–Crippen MR) is 114 cm³/mol. The molecule has 3 fully saturated rings. The van der Waals surface area contributed by atoms with E-state index in [4.69, 9.17) is 4.74 Å². The van der Waals surface area contributed by atoms with Gasteiger partial charge in [0, 0.05) is 44.8 Å². The Morgan fingerprint density at radius 3 is 2.56 bits per heavy atom. The molecule has 0 radical (unpaired) electrons. The number of hydrogen-bond donors (Lipinski definition) is 2. The average molecular weight is 441 g/mol. The first-order valence-electron chi connectivity index (χ1n) is 11.4. The minimum atomic E-state index is -0.939. The average Bonchev–Trinajstić information content (AvgIpc) is 2.91. The van der Waals surface area contributed by atoms with E-state index in [1.165, 1.54) is 0 Å². The number of hydrogen-bond acceptors (Lipinski definition) is 7. The number of rotatable bonds is 3. The van der Waals surface area contributed by atoms with Gasteiger partial charge in [0.2, 0.25) is 11.8 Å². The zero-order valence-electron chi connectivity index (χ0n) is 18.0. The Bertz CT molecular complexity index is 971. The molecule has 0 aromatic heterocycles. The molecular weight excluding hydrogens is 412 g/mol. The van der Waals surface area contributed by atoms with Crippen molar-refractivity contribution in [1.82, 2.24) is 20.4 Å². The molecule has 4 aliphatic rings. The summed E-state index contributed by atoms with van der Waals surface area (Å²) in [6.07, 6.45) is 3.31. The van der Waals surface area contributed by atoms with Crippen LogP contribution in [-0.2, 0) is 20.9 Å². The molecule has 0 bridgehead atoms. The highest BCUT2D eigenvalue weighted by Gasteiger charge is 2.45. The lowest BCUT2D eigenvalue weighted by Gasteiger charge is -2.45. The zero-order chi connectivity index (χ0) is 22.3. The van der Waals surface area contributed by atoms with Crippen LogP contribution in [0.5, 0.6) is 0 Å². The van der Waals surface area contributed by atoms with Crippen LogP contribution in [0.15, 0.2) is 18.2 Å². The van der Waals surface area contributed by atoms with Crippen LogP contribution in [0.3, 0.4) is 0 Å². The van der Waals surface area contributed by atoms with Gasteiger partial charge < -0.3 is 10.1 Å². The number of benzene rings is 1. The zero-order valence-corrected chi connectivity index (χ0v) is 18.0. The Hall–Kier alpha value is -2.62. The third kappa shape index (κ3) is 3.64. The van der Waals surface area contributed by atoms with Crippen LogP contribution in [-0.4, -0.2) is 77.9 Å². The minimum Gasteiger partial charge on any atom is -0.381 e. The van der Waals surface area contributed by atoms with Crippen LogP contribution in [0.2, 0.25) is 0 Å². The topological polar surface area (TPSA) is 108 Å². The largest absolute Gasteiger partial charge is 0.381 e. The number of carbonyl (C=O) groups excluding carboxylic acids is 4. The molecule has 1 atom stereocenters. The van der Waals surface area contributed by atoms with Gasteiger partial charge in [0.25, 0.3) is 11.8 Å². The molecule has 1 unspecified atom stereocenters. The lowest BCUT2D eigenvalue weighted by molar-refractivity contribution is -0.136. The van der Waals surface area contributed by atoms with Crippen LogP contribution in [0.25, 0.3) is 0 Å². The number of amides is 4. The molecule has 170 valence electrons. The van der Waals surface area contributed by atoms with Gasteiger partial charge in [-0.05, 0) is 49.9 Å². The van der Waals surface area contributed by atoms with E-state index in [1.54, 1.807) is 12.1 Å². The summed E-state index contributed by atoms with van der Waals surface area (Å²) in [7, 11) is 0. The fourth-order valence-electron chi connectivity index (χ4n) is 5.46. The van der Waals surface area contributed by atoms with Crippen molar-refractivity contribution in [2.24, 2.45) is 0 Å². The van der Waals surface area contributed by atoms with Crippen LogP contribution >= 0.6 is 0 Å². The lowest BCUT2D eigenvalue weighted by Crippen LogP contribution is -2.54. The van der Waals surface area contributed by atoms with E-state index < -0.39 is 23.8 Å². The molecule has 4 aliphatic heterocycles. The summed E-state index contributed by atoms with van der Waals surface area (Å²) < 4.78 is 5.62. The third-order valence-corrected chi connectivity index (χ3v) is 7.30. The maximum atomic E-state index is 13.1. The highest BCUT2D eigenvalue weighted by molar-refractivity contribution is 6.23. The van der Waals surface area contributed by atoms with E-state index in [-0.39, 0.29) is 24.3 Å². The lowest BCUT2D eigenvalue weighted by atomic mass is 9.84. The Labute approximate surface area is 186 Å². The summed E-state index contributed by atoms with van der Waals surface area (Å²) in [5.74, 6) is -1.89. The number of fused-ring (bicyclic) bond motifs is 1. The van der Waals surface area contributed by atoms with Crippen molar-refractivity contribution < 1.29 is 23.9 Å². The normalized spacial score (nSPS) is 26.2. The van der Waals surface area contributed by atoms with Crippen molar-refractivity contribution in [3.63, 3.8) is 0 Å². The van der Waals surface area contributed by atoms with Crippen molar-refractivity contribution in [2.45, 2.75) is 50.2 Å². The molecule has 9 heteroatoms. The van der Waals surface area contributed by atoms with E-state index in [0.29, 0.717) is 17.7 Å². The van der Waals surface area contributed by atoms with Crippen molar-refractivity contribution in [2.75, 3.05) is 32.8 Å². The van der Waals surface area contributed by atoms with Gasteiger partial charge in [0.05, 0.1) is 11.1 Å². The van der Waals surface area contributed by atoms with Gasteiger partial charge in [-0.1, -0.05) is 6.07 Å². The van der Waals surface area contributed by atoms with Crippen LogP contribution in [0.4, 0.5) is 0 Å². The molecule has 4 heterocycles. The Kier molecular flexibility index (Phi) is 5.56. The summed E-state index contributed by atoms with van der Waals surface area (Å²) in [5.41, 5.74) is 1.72. The van der Waals surface area contributed by atoms with Gasteiger partial charge in [0.15, 0.2) is 0 Å². The highest BCUT2D eigenvalue weighted by Crippen LogP contribution is 2.34. The Morgan fingerprint density at radius 2 is 1.78 bits per heavy atom. The van der Waals surface area contributed by atoms with Crippen molar-refractivity contribution in [3.05, 3.63) is 34.9 Å². The summed E-state index contributed by atoms with van der Waals surface area (Å²) >= 11 is 0. The van der Waals surface area contributed by atoms with Crippen molar-refractivity contribution in [1.29, 1.82) is 0 Å². The number of ether oxygens (including phenoxy) is 1. The monoisotopic (exact) mass is 440 g/mol. The maximum absolute atomic E-state index is 13.1. The van der Waals surface area contributed by atoms with Crippen molar-refractivity contribution >= 4 is 23.6 Å². The van der Waals surface area contributed by atoms with Gasteiger partial charge in [-0.15, -0.1) is 0 Å². The summed E-state index contributed by atoms with van der Waals surface area (Å²) in [6.45, 7) is 5.01. The van der Waals surface area contributed by atoms with Crippen LogP contribution < -0.4 is 10.6 Å². The van der Waals surface area contributed by atoms with Gasteiger partial charge in [-0.25, -0.2) is 0 Å². The maximum Gasteiger partial charge on any atom is 0.262 e. The molecule has 32 heavy (non-hydrogen) atoms. The number of nitrogens with one attached hydrogen (secondary N) is 2. The number of piperidine rings is 1. The van der Waals surface area contributed by atoms with Gasteiger partial charge in [0.1, 0.15) is 6.04 Å². The fourth-order valence-corrected chi connectivity index (χ4v) is 5.46. The van der Waals surface area contributed by atoms with Crippen molar-refractivity contribution in [3.8, 4) is 0 Å². The molecule has 5 rings (SSSR count). The number of imide groups is 2. The first-order chi connectivity index (χ1) is 15.5. The molecule has 0 aliphatic carbocycles. The molecule has 4 amide bonds. The van der Waals surface area contributed by atoms with E-state index in [2.05, 4.69) is 15.5 Å². The van der Waals surface area contributed by atoms with E-state index in [0.717, 1.165) is 62.6 Å². The van der Waals surface area contributed by atoms with E-state index in [1.807, 2.05) is 6.07 Å². The molecule has 9 nitrogen and oxygen atoms in total. The summed E-state index contributed by atoms with van der Waals surface area (Å²) in [5, 5.41) is 5.72. The summed E-state index contributed by atoms with van der Waals surface area (Å²) in [4.78, 5) is 53.3. The second-order valence-electron chi connectivity index (χ2n) is 9.09. The van der Waals surface area contributed by atoms with Gasteiger partial charge >= 0.3 is 0 Å². The molecule has 0 saturated carbocycles. The Morgan fingerprint density at radius 1 is 1.00 bits per heavy atom. The van der Waals surface area contributed by atoms with Crippen LogP contribution in [0, 0.1) is 0 Å². The second kappa shape index (κ2) is 8.38. The second-order valence-corrected chi connectivity index (χ2v) is 9.09. The third-order valence-electron chi connectivity index (χ3n) is 7.30. The van der Waals surface area contributed by atoms with E-state index >= 15 is 0 Å². The smallest absolute Gasteiger partial charge is 0.262 e. The van der Waals surface area contributed by atoms with Crippen LogP contribution in [0.1, 0.15) is 58.4 Å². The number of nitrogens with zero attached hydrogens (tertiary/aromatic N) is 2. The molecular formula is C23H28N4O5. The first-order valence-corrected chi connectivity index (χ1v) is 11.4. The summed E-state index contributed by atoms with van der Waals surface area (Å²) in [6, 6.07) is 4.46. The number of carbonyl (C=O) groups is 4. The Balaban J connectivity index is 1.38. The quantitative estimate of drug-likeness (QED) is 0.657. The van der Waals surface area contributed by atoms with E-state index in [9.17, 15) is 19.2 Å².